The van der Waals surface area contributed by atoms with Gasteiger partial charge in [-0.25, -0.2) is 0 Å². The number of nitrogens with zero attached hydrogens (tertiary/aromatic N) is 2. The quantitative estimate of drug-likeness (QED) is 0.364. The van der Waals surface area contributed by atoms with Crippen LogP contribution in [0.3, 0.4) is 0 Å². The van der Waals surface area contributed by atoms with Crippen LogP contribution in [0.4, 0.5) is 17.1 Å². The van der Waals surface area contributed by atoms with E-state index < -0.39 is 0 Å². The van der Waals surface area contributed by atoms with E-state index in [0.29, 0.717) is 5.56 Å². The monoisotopic (exact) mass is 382 g/mol. The lowest BCUT2D eigenvalue weighted by atomic mass is 10.1. The smallest absolute Gasteiger partial charge is 0.262 e. The van der Waals surface area contributed by atoms with Gasteiger partial charge in [0.05, 0.1) is 5.69 Å². The maximum absolute atomic E-state index is 13.3. The van der Waals surface area contributed by atoms with Gasteiger partial charge in [-0.05, 0) is 60.0 Å². The molecular formula is C24H18N2OS. The predicted molar refractivity (Wildman–Crippen MR) is 117 cm³/mol. The third kappa shape index (κ3) is 4.08. The number of anilines is 2. The average Bonchev–Trinajstić information content (AvgIpc) is 3.28. The molecule has 0 saturated carbocycles. The van der Waals surface area contributed by atoms with Crippen LogP contribution in [0.5, 0.6) is 0 Å². The van der Waals surface area contributed by atoms with Crippen molar-refractivity contribution < 1.29 is 4.79 Å². The number of amides is 1. The molecule has 0 radical (unpaired) electrons. The molecule has 1 amide bonds. The molecular weight excluding hydrogens is 364 g/mol. The predicted octanol–water partition coefficient (Wildman–Crippen LogP) is 6.48. The van der Waals surface area contributed by atoms with Crippen LogP contribution in [0.25, 0.3) is 0 Å². The van der Waals surface area contributed by atoms with Crippen molar-refractivity contribution in [1.29, 1.82) is 0 Å². The fraction of sp³-hybridized carbons (Fsp3) is 0. The standard InChI is InChI=1S/C24H18N2OS/c27-24(19-13-15-20(16-14-19)25-18-23-12-7-17-28-23)26(21-8-3-1-4-9-21)22-10-5-2-6-11-22/h1-18H. The maximum Gasteiger partial charge on any atom is 0.262 e. The minimum atomic E-state index is -0.0776. The molecule has 0 unspecified atom stereocenters. The van der Waals surface area contributed by atoms with Gasteiger partial charge in [-0.3, -0.25) is 14.7 Å². The highest BCUT2D eigenvalue weighted by molar-refractivity contribution is 7.11. The van der Waals surface area contributed by atoms with Gasteiger partial charge in [0.2, 0.25) is 0 Å². The molecule has 3 nitrogen and oxygen atoms in total. The van der Waals surface area contributed by atoms with Crippen molar-refractivity contribution >= 4 is 40.5 Å². The first-order valence-electron chi connectivity index (χ1n) is 8.93. The van der Waals surface area contributed by atoms with Gasteiger partial charge in [-0.2, -0.15) is 0 Å². The third-order valence-electron chi connectivity index (χ3n) is 4.23. The third-order valence-corrected chi connectivity index (χ3v) is 5.04. The number of hydrogen-bond acceptors (Lipinski definition) is 3. The zero-order valence-corrected chi connectivity index (χ0v) is 15.9. The van der Waals surface area contributed by atoms with Gasteiger partial charge in [0, 0.05) is 28.0 Å². The van der Waals surface area contributed by atoms with Gasteiger partial charge in [0.1, 0.15) is 0 Å². The van der Waals surface area contributed by atoms with Gasteiger partial charge >= 0.3 is 0 Å². The molecule has 0 aliphatic heterocycles. The van der Waals surface area contributed by atoms with E-state index in [1.54, 1.807) is 16.2 Å². The second-order valence-corrected chi connectivity index (χ2v) is 7.11. The van der Waals surface area contributed by atoms with E-state index in [2.05, 4.69) is 4.99 Å². The number of para-hydroxylation sites is 2. The molecule has 0 aliphatic rings. The number of hydrogen-bond donors (Lipinski definition) is 0. The molecule has 0 bridgehead atoms. The van der Waals surface area contributed by atoms with Crippen molar-refractivity contribution in [3.05, 3.63) is 113 Å². The molecule has 1 aromatic heterocycles. The van der Waals surface area contributed by atoms with Crippen molar-refractivity contribution in [1.82, 2.24) is 0 Å². The molecule has 0 saturated heterocycles. The molecule has 28 heavy (non-hydrogen) atoms. The summed E-state index contributed by atoms with van der Waals surface area (Å²) in [5.74, 6) is -0.0776. The first kappa shape index (κ1) is 17.9. The Labute approximate surface area is 168 Å². The fourth-order valence-electron chi connectivity index (χ4n) is 2.86. The molecule has 0 aliphatic carbocycles. The lowest BCUT2D eigenvalue weighted by Gasteiger charge is -2.23. The van der Waals surface area contributed by atoms with Gasteiger partial charge in [-0.15, -0.1) is 11.3 Å². The first-order valence-corrected chi connectivity index (χ1v) is 9.81. The maximum atomic E-state index is 13.3. The number of benzene rings is 3. The van der Waals surface area contributed by atoms with Crippen molar-refractivity contribution in [3.63, 3.8) is 0 Å². The van der Waals surface area contributed by atoms with Crippen LogP contribution in [0.15, 0.2) is 107 Å². The van der Waals surface area contributed by atoms with Gasteiger partial charge < -0.3 is 0 Å². The van der Waals surface area contributed by atoms with Crippen LogP contribution in [0.2, 0.25) is 0 Å². The number of carbonyl (C=O) groups excluding carboxylic acids is 1. The van der Waals surface area contributed by atoms with E-state index in [1.165, 1.54) is 0 Å². The van der Waals surface area contributed by atoms with Crippen LogP contribution in [-0.2, 0) is 0 Å². The topological polar surface area (TPSA) is 32.7 Å². The lowest BCUT2D eigenvalue weighted by Crippen LogP contribution is -2.25. The Hall–Kier alpha value is -3.50. The summed E-state index contributed by atoms with van der Waals surface area (Å²) in [6.07, 6.45) is 1.84. The van der Waals surface area contributed by atoms with Crippen molar-refractivity contribution in [2.45, 2.75) is 0 Å². The summed E-state index contributed by atoms with van der Waals surface area (Å²) < 4.78 is 0. The van der Waals surface area contributed by atoms with Crippen LogP contribution in [0.1, 0.15) is 15.2 Å². The van der Waals surface area contributed by atoms with Crippen LogP contribution in [0, 0.1) is 0 Å². The summed E-state index contributed by atoms with van der Waals surface area (Å²) in [4.78, 5) is 20.6. The highest BCUT2D eigenvalue weighted by Crippen LogP contribution is 2.27. The molecule has 0 spiro atoms. The zero-order chi connectivity index (χ0) is 19.2. The van der Waals surface area contributed by atoms with Crippen LogP contribution < -0.4 is 4.90 Å². The van der Waals surface area contributed by atoms with Crippen molar-refractivity contribution in [2.75, 3.05) is 4.90 Å². The summed E-state index contributed by atoms with van der Waals surface area (Å²) >= 11 is 1.64. The van der Waals surface area contributed by atoms with Gasteiger partial charge in [0.15, 0.2) is 0 Å². The number of carbonyl (C=O) groups is 1. The molecule has 3 aromatic carbocycles. The van der Waals surface area contributed by atoms with Crippen molar-refractivity contribution in [3.8, 4) is 0 Å². The highest BCUT2D eigenvalue weighted by Gasteiger charge is 2.19. The summed E-state index contributed by atoms with van der Waals surface area (Å²) in [7, 11) is 0. The fourth-order valence-corrected chi connectivity index (χ4v) is 3.44. The molecule has 0 atom stereocenters. The Morgan fingerprint density at radius 3 is 1.89 bits per heavy atom. The van der Waals surface area contributed by atoms with Crippen molar-refractivity contribution in [2.24, 2.45) is 4.99 Å². The largest absolute Gasteiger partial charge is 0.277 e. The molecule has 4 heteroatoms. The molecule has 0 N–H and O–H groups in total. The number of thiophene rings is 1. The SMILES string of the molecule is O=C(c1ccc(N=Cc2cccs2)cc1)N(c1ccccc1)c1ccccc1. The Morgan fingerprint density at radius 1 is 0.750 bits per heavy atom. The van der Waals surface area contributed by atoms with E-state index in [4.69, 9.17) is 0 Å². The summed E-state index contributed by atoms with van der Waals surface area (Å²) in [6.45, 7) is 0. The average molecular weight is 382 g/mol. The minimum Gasteiger partial charge on any atom is -0.277 e. The van der Waals surface area contributed by atoms with E-state index in [-0.39, 0.29) is 5.91 Å². The minimum absolute atomic E-state index is 0.0776. The Kier molecular flexibility index (Phi) is 5.41. The Bertz CT molecular complexity index is 1020. The summed E-state index contributed by atoms with van der Waals surface area (Å²) in [5.41, 5.74) is 3.09. The summed E-state index contributed by atoms with van der Waals surface area (Å²) in [6, 6.07) is 30.7. The van der Waals surface area contributed by atoms with E-state index >= 15 is 0 Å². The highest BCUT2D eigenvalue weighted by atomic mass is 32.1. The van der Waals surface area contributed by atoms with Crippen LogP contribution >= 0.6 is 11.3 Å². The van der Waals surface area contributed by atoms with Crippen LogP contribution in [-0.4, -0.2) is 12.1 Å². The second-order valence-electron chi connectivity index (χ2n) is 6.13. The first-order chi connectivity index (χ1) is 13.8. The van der Waals surface area contributed by atoms with E-state index in [1.807, 2.05) is 109 Å². The number of aliphatic imine (C=N–C) groups is 1. The molecule has 4 aromatic rings. The number of rotatable bonds is 5. The molecule has 4 rings (SSSR count). The summed E-state index contributed by atoms with van der Waals surface area (Å²) in [5, 5.41) is 2.02. The van der Waals surface area contributed by atoms with Gasteiger partial charge in [0.25, 0.3) is 5.91 Å². The Morgan fingerprint density at radius 2 is 1.36 bits per heavy atom. The molecule has 136 valence electrons. The second kappa shape index (κ2) is 8.46. The van der Waals surface area contributed by atoms with E-state index in [0.717, 1.165) is 21.9 Å². The van der Waals surface area contributed by atoms with Gasteiger partial charge in [-0.1, -0.05) is 42.5 Å². The Balaban J connectivity index is 1.62. The lowest BCUT2D eigenvalue weighted by molar-refractivity contribution is 0.0999. The zero-order valence-electron chi connectivity index (χ0n) is 15.1. The van der Waals surface area contributed by atoms with E-state index in [9.17, 15) is 4.79 Å². The molecule has 1 heterocycles. The molecule has 0 fully saturated rings. The normalized spacial score (nSPS) is 10.9.